The van der Waals surface area contributed by atoms with Crippen LogP contribution in [-0.4, -0.2) is 43.6 Å². The molecular weight excluding hydrogens is 236 g/mol. The zero-order valence-corrected chi connectivity index (χ0v) is 12.8. The second-order valence-corrected chi connectivity index (χ2v) is 5.80. The molecule has 1 saturated heterocycles. The number of aliphatic imine (C=N–C) groups is 1. The summed E-state index contributed by atoms with van der Waals surface area (Å²) in [7, 11) is 0. The monoisotopic (exact) mass is 268 g/mol. The molecule has 0 aromatic heterocycles. The first kappa shape index (κ1) is 16.3. The van der Waals surface area contributed by atoms with Gasteiger partial charge in [0.15, 0.2) is 5.96 Å². The van der Waals surface area contributed by atoms with Gasteiger partial charge in [-0.15, -0.1) is 0 Å². The van der Waals surface area contributed by atoms with E-state index >= 15 is 0 Å². The molecule has 1 rings (SSSR count). The van der Waals surface area contributed by atoms with Gasteiger partial charge in [0.05, 0.1) is 0 Å². The highest BCUT2D eigenvalue weighted by molar-refractivity contribution is 5.77. The average Bonchev–Trinajstić information content (AvgIpc) is 2.39. The third-order valence-electron chi connectivity index (χ3n) is 3.74. The number of rotatable bonds is 8. The van der Waals surface area contributed by atoms with E-state index in [4.69, 9.17) is 5.73 Å². The summed E-state index contributed by atoms with van der Waals surface area (Å²) in [5.74, 6) is 1.49. The second kappa shape index (κ2) is 10.1. The number of unbranched alkanes of at least 4 members (excludes halogenated alkanes) is 2. The second-order valence-electron chi connectivity index (χ2n) is 5.80. The highest BCUT2D eigenvalue weighted by Gasteiger charge is 2.14. The topological polar surface area (TPSA) is 53.6 Å². The highest BCUT2D eigenvalue weighted by atomic mass is 15.1. The standard InChI is InChI=1S/C15H32N4/c1-3-4-9-17-15(16)18-10-5-6-11-19-12-7-8-14(2)13-19/h14H,3-13H2,1-2H3,(H3,16,17,18). The quantitative estimate of drug-likeness (QED) is 0.403. The van der Waals surface area contributed by atoms with E-state index in [1.165, 1.54) is 45.3 Å². The van der Waals surface area contributed by atoms with Crippen molar-refractivity contribution in [2.24, 2.45) is 16.6 Å². The molecule has 1 fully saturated rings. The zero-order chi connectivity index (χ0) is 13.9. The van der Waals surface area contributed by atoms with Gasteiger partial charge in [-0.25, -0.2) is 0 Å². The van der Waals surface area contributed by atoms with Crippen molar-refractivity contribution in [3.63, 3.8) is 0 Å². The average molecular weight is 268 g/mol. The minimum atomic E-state index is 0.611. The van der Waals surface area contributed by atoms with Crippen molar-refractivity contribution in [1.82, 2.24) is 10.2 Å². The molecular formula is C15H32N4. The Labute approximate surface area is 118 Å². The summed E-state index contributed by atoms with van der Waals surface area (Å²) < 4.78 is 0. The van der Waals surface area contributed by atoms with E-state index in [-0.39, 0.29) is 0 Å². The predicted molar refractivity (Wildman–Crippen MR) is 83.5 cm³/mol. The fourth-order valence-corrected chi connectivity index (χ4v) is 2.59. The molecule has 19 heavy (non-hydrogen) atoms. The Hall–Kier alpha value is -0.770. The van der Waals surface area contributed by atoms with Gasteiger partial charge in [-0.1, -0.05) is 20.3 Å². The normalized spacial score (nSPS) is 21.6. The predicted octanol–water partition coefficient (Wildman–Crippen LogP) is 2.20. The molecule has 1 aliphatic heterocycles. The van der Waals surface area contributed by atoms with Crippen LogP contribution in [-0.2, 0) is 0 Å². The summed E-state index contributed by atoms with van der Waals surface area (Å²) in [4.78, 5) is 6.96. The number of nitrogens with zero attached hydrogens (tertiary/aromatic N) is 2. The van der Waals surface area contributed by atoms with Crippen LogP contribution < -0.4 is 11.1 Å². The summed E-state index contributed by atoms with van der Waals surface area (Å²) in [6, 6.07) is 0. The zero-order valence-electron chi connectivity index (χ0n) is 12.8. The van der Waals surface area contributed by atoms with Crippen LogP contribution >= 0.6 is 0 Å². The summed E-state index contributed by atoms with van der Waals surface area (Å²) >= 11 is 0. The van der Waals surface area contributed by atoms with Gasteiger partial charge in [-0.3, -0.25) is 4.99 Å². The minimum absolute atomic E-state index is 0.611. The third-order valence-corrected chi connectivity index (χ3v) is 3.74. The van der Waals surface area contributed by atoms with E-state index in [0.717, 1.165) is 31.8 Å². The summed E-state index contributed by atoms with van der Waals surface area (Å²) in [5.41, 5.74) is 5.79. The van der Waals surface area contributed by atoms with Gasteiger partial charge in [-0.05, 0) is 51.1 Å². The Morgan fingerprint density at radius 3 is 2.95 bits per heavy atom. The van der Waals surface area contributed by atoms with Crippen LogP contribution in [0.25, 0.3) is 0 Å². The van der Waals surface area contributed by atoms with Crippen LogP contribution in [0.4, 0.5) is 0 Å². The molecule has 0 spiro atoms. The number of nitrogens with one attached hydrogen (secondary N) is 1. The Kier molecular flexibility index (Phi) is 8.63. The first-order valence-corrected chi connectivity index (χ1v) is 7.98. The van der Waals surface area contributed by atoms with Gasteiger partial charge in [0.1, 0.15) is 0 Å². The molecule has 4 heteroatoms. The molecule has 1 aliphatic rings. The Morgan fingerprint density at radius 1 is 1.37 bits per heavy atom. The summed E-state index contributed by atoms with van der Waals surface area (Å²) in [6.07, 6.45) is 7.49. The third kappa shape index (κ3) is 8.09. The van der Waals surface area contributed by atoms with E-state index in [0.29, 0.717) is 5.96 Å². The molecule has 0 aromatic rings. The van der Waals surface area contributed by atoms with Crippen molar-refractivity contribution < 1.29 is 0 Å². The van der Waals surface area contributed by atoms with E-state index in [1.807, 2.05) is 0 Å². The molecule has 0 saturated carbocycles. The van der Waals surface area contributed by atoms with Crippen LogP contribution in [0.2, 0.25) is 0 Å². The molecule has 1 atom stereocenters. The van der Waals surface area contributed by atoms with Crippen molar-refractivity contribution in [2.45, 2.75) is 52.4 Å². The largest absolute Gasteiger partial charge is 0.370 e. The minimum Gasteiger partial charge on any atom is -0.370 e. The van der Waals surface area contributed by atoms with Crippen LogP contribution in [0.3, 0.4) is 0 Å². The molecule has 0 aliphatic carbocycles. The van der Waals surface area contributed by atoms with E-state index in [2.05, 4.69) is 29.1 Å². The highest BCUT2D eigenvalue weighted by Crippen LogP contribution is 2.15. The van der Waals surface area contributed by atoms with Gasteiger partial charge < -0.3 is 16.0 Å². The van der Waals surface area contributed by atoms with Crippen molar-refractivity contribution in [1.29, 1.82) is 0 Å². The summed E-state index contributed by atoms with van der Waals surface area (Å²) in [5, 5.41) is 3.15. The SMILES string of the molecule is CCCCNC(N)=NCCCCN1CCCC(C)C1. The Balaban J connectivity index is 1.99. The van der Waals surface area contributed by atoms with Gasteiger partial charge in [0.2, 0.25) is 0 Å². The van der Waals surface area contributed by atoms with Crippen molar-refractivity contribution >= 4 is 5.96 Å². The van der Waals surface area contributed by atoms with E-state index < -0.39 is 0 Å². The number of nitrogens with two attached hydrogens (primary N) is 1. The molecule has 112 valence electrons. The smallest absolute Gasteiger partial charge is 0.188 e. The Bertz CT molecular complexity index is 253. The molecule has 0 radical (unpaired) electrons. The van der Waals surface area contributed by atoms with Crippen LogP contribution in [0.5, 0.6) is 0 Å². The molecule has 1 unspecified atom stereocenters. The molecule has 4 nitrogen and oxygen atoms in total. The van der Waals surface area contributed by atoms with Crippen molar-refractivity contribution in [3.05, 3.63) is 0 Å². The molecule has 1 heterocycles. The van der Waals surface area contributed by atoms with Crippen LogP contribution in [0.15, 0.2) is 4.99 Å². The first-order chi connectivity index (χ1) is 9.22. The Morgan fingerprint density at radius 2 is 2.21 bits per heavy atom. The molecule has 0 bridgehead atoms. The van der Waals surface area contributed by atoms with Crippen LogP contribution in [0.1, 0.15) is 52.4 Å². The van der Waals surface area contributed by atoms with Gasteiger partial charge in [0, 0.05) is 19.6 Å². The van der Waals surface area contributed by atoms with Gasteiger partial charge in [0.25, 0.3) is 0 Å². The molecule has 0 aromatic carbocycles. The fourth-order valence-electron chi connectivity index (χ4n) is 2.59. The number of guanidine groups is 1. The van der Waals surface area contributed by atoms with Crippen molar-refractivity contribution in [3.8, 4) is 0 Å². The lowest BCUT2D eigenvalue weighted by atomic mass is 10.0. The number of piperidine rings is 1. The molecule has 3 N–H and O–H groups in total. The lowest BCUT2D eigenvalue weighted by Crippen LogP contribution is -2.35. The van der Waals surface area contributed by atoms with E-state index in [1.54, 1.807) is 0 Å². The first-order valence-electron chi connectivity index (χ1n) is 7.98. The summed E-state index contributed by atoms with van der Waals surface area (Å²) in [6.45, 7) is 10.1. The number of hydrogen-bond donors (Lipinski definition) is 2. The fraction of sp³-hybridized carbons (Fsp3) is 0.933. The van der Waals surface area contributed by atoms with Gasteiger partial charge in [-0.2, -0.15) is 0 Å². The van der Waals surface area contributed by atoms with Crippen molar-refractivity contribution in [2.75, 3.05) is 32.7 Å². The van der Waals surface area contributed by atoms with Gasteiger partial charge >= 0.3 is 0 Å². The number of likely N-dealkylation sites (tertiary alicyclic amines) is 1. The number of hydrogen-bond acceptors (Lipinski definition) is 2. The van der Waals surface area contributed by atoms with Crippen LogP contribution in [0, 0.1) is 5.92 Å². The maximum atomic E-state index is 5.79. The lowest BCUT2D eigenvalue weighted by Gasteiger charge is -2.30. The lowest BCUT2D eigenvalue weighted by molar-refractivity contribution is 0.181. The maximum absolute atomic E-state index is 5.79. The maximum Gasteiger partial charge on any atom is 0.188 e. The van der Waals surface area contributed by atoms with E-state index in [9.17, 15) is 0 Å². The molecule has 0 amide bonds.